The number of aromatic hydroxyl groups is 4. The molecule has 11 rings (SSSR count). The molecule has 12 bridgehead atoms. The van der Waals surface area contributed by atoms with Gasteiger partial charge in [-0.2, -0.15) is 4.98 Å². The second kappa shape index (κ2) is 36.5. The lowest BCUT2D eigenvalue weighted by Gasteiger charge is -2.31. The van der Waals surface area contributed by atoms with Gasteiger partial charge in [-0.25, -0.2) is 9.97 Å². The van der Waals surface area contributed by atoms with Crippen molar-refractivity contribution in [2.45, 2.75) is 51.4 Å². The van der Waals surface area contributed by atoms with Crippen molar-refractivity contribution in [1.29, 1.82) is 0 Å². The van der Waals surface area contributed by atoms with E-state index in [4.69, 9.17) is 5.73 Å². The standard InChI is InChI=1S/C73H89N17O13/c74-73-84-58(59-64(85-73)83-46-82-59)24-22-48-19-17-47(18-20-48)21-23-49(91)8-2-1-3-32-90-45-44-89-39-31-81-70(101)55-14-6-13-54(62(55)94)67(98)77-27-35-87(36-30-80-71(102)56-15-7-16-57(63(56)95)72(90)103)41-40-86-33-25-75-65(96)50-9-4-11-52(60(50)92)68(99)78-28-37-88(42-43-89)38-29-79-69(100)53-12-5-10-51(61(53)93)66(97)76-26-34-86/h4-7,9-20,46,92-95H,1-3,8,21-45H2,(H,75,96)(H,76,97)(H,77,98)(H,78,99)(H,79,100)(H,80,102)(H,81,101)(H3,74,82,83,84,85). The number of phenols is 4. The van der Waals surface area contributed by atoms with Crippen molar-refractivity contribution in [1.82, 2.24) is 81.7 Å². The second-order valence-corrected chi connectivity index (χ2v) is 25.6. The van der Waals surface area contributed by atoms with Crippen LogP contribution in [-0.4, -0.2) is 255 Å². The first-order valence-corrected chi connectivity index (χ1v) is 34.9. The van der Waals surface area contributed by atoms with Gasteiger partial charge in [-0.05, 0) is 91.8 Å². The molecule has 544 valence electrons. The van der Waals surface area contributed by atoms with Crippen molar-refractivity contribution in [2.24, 2.45) is 0 Å². The van der Waals surface area contributed by atoms with Crippen LogP contribution in [0, 0.1) is 0 Å². The number of nitrogens with zero attached hydrogens (tertiary/aromatic N) is 8. The summed E-state index contributed by atoms with van der Waals surface area (Å²) < 4.78 is 0. The van der Waals surface area contributed by atoms with Crippen molar-refractivity contribution in [3.05, 3.63) is 165 Å². The van der Waals surface area contributed by atoms with Gasteiger partial charge in [-0.15, -0.1) is 0 Å². The fraction of sp³-hybridized carbons (Fsp3) is 0.397. The number of para-hydroxylation sites is 4. The number of Topliss-reactive ketones (excluding diaryl/α,β-unsaturated/α-hetero) is 1. The number of nitrogens with one attached hydrogen (secondary N) is 8. The number of benzene rings is 5. The highest BCUT2D eigenvalue weighted by Crippen LogP contribution is 2.28. The Morgan fingerprint density at radius 2 is 0.728 bits per heavy atom. The Morgan fingerprint density at radius 1 is 0.388 bits per heavy atom. The number of aromatic nitrogens is 4. The number of anilines is 1. The first kappa shape index (κ1) is 74.6. The third-order valence-electron chi connectivity index (χ3n) is 18.6. The van der Waals surface area contributed by atoms with Crippen molar-refractivity contribution in [2.75, 3.05) is 143 Å². The van der Waals surface area contributed by atoms with Crippen LogP contribution in [0.4, 0.5) is 5.95 Å². The first-order chi connectivity index (χ1) is 49.9. The molecular formula is C73H89N17O13. The van der Waals surface area contributed by atoms with Gasteiger partial charge in [0.05, 0.1) is 56.5 Å². The Balaban J connectivity index is 0.924. The SMILES string of the molecule is Nc1nc(CCc2ccc(CCC(=O)CCCCCN3CCN4CCNC(=O)c5cccc(c5O)C(=O)NCCN(CCNC(=O)c5cccc(c5O)C3=O)CCN3CCNC(=O)c5cccc(c5O)C(=O)NCCN(CCNC(=O)c5cccc(c5O)C(=O)NCC3)CC4)cc2)c2[nH]cnc2n1. The number of H-pyrrole nitrogens is 1. The molecule has 30 nitrogen and oxygen atoms in total. The molecule has 0 saturated heterocycles. The van der Waals surface area contributed by atoms with Crippen LogP contribution >= 0.6 is 0 Å². The summed E-state index contributed by atoms with van der Waals surface area (Å²) in [5.74, 6) is -7.15. The van der Waals surface area contributed by atoms with Crippen LogP contribution in [0.2, 0.25) is 0 Å². The maximum atomic E-state index is 15.1. The average Bonchev–Trinajstić information content (AvgIpc) is 1.82. The molecule has 0 radical (unpaired) electrons. The molecule has 0 saturated carbocycles. The van der Waals surface area contributed by atoms with Crippen molar-refractivity contribution in [3.8, 4) is 23.0 Å². The molecule has 8 amide bonds. The molecule has 103 heavy (non-hydrogen) atoms. The van der Waals surface area contributed by atoms with Crippen LogP contribution in [0.1, 0.15) is 132 Å². The van der Waals surface area contributed by atoms with E-state index in [0.29, 0.717) is 57.0 Å². The van der Waals surface area contributed by atoms with E-state index in [9.17, 15) is 58.8 Å². The minimum Gasteiger partial charge on any atom is -0.506 e. The highest BCUT2D eigenvalue weighted by Gasteiger charge is 2.28. The van der Waals surface area contributed by atoms with Crippen molar-refractivity contribution in [3.63, 3.8) is 0 Å². The topological polar surface area (TPSA) is 415 Å². The first-order valence-electron chi connectivity index (χ1n) is 34.9. The predicted molar refractivity (Wildman–Crippen MR) is 382 cm³/mol. The van der Waals surface area contributed by atoms with Crippen LogP contribution in [0.25, 0.3) is 11.2 Å². The molecular weight excluding hydrogens is 1320 g/mol. The van der Waals surface area contributed by atoms with Gasteiger partial charge in [0.2, 0.25) is 5.95 Å². The van der Waals surface area contributed by atoms with E-state index < -0.39 is 70.3 Å². The lowest BCUT2D eigenvalue weighted by Crippen LogP contribution is -2.46. The summed E-state index contributed by atoms with van der Waals surface area (Å²) in [6.07, 6.45) is 5.65. The van der Waals surface area contributed by atoms with Crippen LogP contribution in [0.15, 0.2) is 103 Å². The number of nitrogen functional groups attached to an aromatic ring is 1. The monoisotopic (exact) mass is 1410 g/mol. The van der Waals surface area contributed by atoms with E-state index in [-0.39, 0.29) is 194 Å². The van der Waals surface area contributed by atoms with Crippen LogP contribution in [0.5, 0.6) is 23.0 Å². The smallest absolute Gasteiger partial charge is 0.257 e. The molecule has 2 unspecified atom stereocenters. The zero-order valence-electron chi connectivity index (χ0n) is 57.4. The molecule has 4 aliphatic heterocycles. The molecule has 2 aromatic heterocycles. The number of carbonyl (C=O) groups is 9. The molecule has 6 heterocycles. The summed E-state index contributed by atoms with van der Waals surface area (Å²) in [5.41, 5.74) is 8.87. The van der Waals surface area contributed by atoms with Gasteiger partial charge >= 0.3 is 0 Å². The summed E-state index contributed by atoms with van der Waals surface area (Å²) in [7, 11) is 0. The summed E-state index contributed by atoms with van der Waals surface area (Å²) >= 11 is 0. The fourth-order valence-corrected chi connectivity index (χ4v) is 12.7. The minimum atomic E-state index is -0.673. The molecule has 30 heteroatoms. The number of ketones is 1. The van der Waals surface area contributed by atoms with E-state index in [2.05, 4.69) is 57.2 Å². The largest absolute Gasteiger partial charge is 0.506 e. The maximum Gasteiger partial charge on any atom is 0.257 e. The summed E-state index contributed by atoms with van der Waals surface area (Å²) in [4.78, 5) is 151. The fourth-order valence-electron chi connectivity index (χ4n) is 12.7. The lowest BCUT2D eigenvalue weighted by atomic mass is 10.0. The predicted octanol–water partition coefficient (Wildman–Crippen LogP) is 2.21. The van der Waals surface area contributed by atoms with E-state index in [1.165, 1.54) is 72.8 Å². The third kappa shape index (κ3) is 20.4. The van der Waals surface area contributed by atoms with E-state index >= 15 is 4.79 Å². The second-order valence-electron chi connectivity index (χ2n) is 25.6. The number of carbonyl (C=O) groups excluding carboxylic acids is 9. The number of hydrogen-bond donors (Lipinski definition) is 13. The molecule has 5 aromatic carbocycles. The maximum absolute atomic E-state index is 15.1. The summed E-state index contributed by atoms with van der Waals surface area (Å²) in [5, 5.41) is 66.3. The Kier molecular flexibility index (Phi) is 26.4. The van der Waals surface area contributed by atoms with Crippen LogP contribution < -0.4 is 43.0 Å². The molecule has 2 atom stereocenters. The van der Waals surface area contributed by atoms with Gasteiger partial charge < -0.3 is 73.3 Å². The van der Waals surface area contributed by atoms with Gasteiger partial charge in [0.25, 0.3) is 47.3 Å². The van der Waals surface area contributed by atoms with E-state index in [0.717, 1.165) is 22.3 Å². The molecule has 0 spiro atoms. The Hall–Kier alpha value is -11.1. The quantitative estimate of drug-likeness (QED) is 0.0780. The Bertz CT molecular complexity index is 4120. The van der Waals surface area contributed by atoms with Gasteiger partial charge in [-0.1, -0.05) is 55.0 Å². The highest BCUT2D eigenvalue weighted by atomic mass is 16.3. The number of imidazole rings is 1. The number of amides is 8. The Morgan fingerprint density at radius 3 is 1.12 bits per heavy atom. The molecule has 0 aliphatic carbocycles. The van der Waals surface area contributed by atoms with Gasteiger partial charge in [0, 0.05) is 150 Å². The summed E-state index contributed by atoms with van der Waals surface area (Å²) in [6.45, 7) is 2.31. The highest BCUT2D eigenvalue weighted by molar-refractivity contribution is 6.06. The van der Waals surface area contributed by atoms with Gasteiger partial charge in [-0.3, -0.25) is 62.8 Å². The van der Waals surface area contributed by atoms with E-state index in [1.54, 1.807) is 11.2 Å². The number of rotatable bonds is 12. The number of aromatic amines is 1. The van der Waals surface area contributed by atoms with Crippen LogP contribution in [0.3, 0.4) is 0 Å². The number of phenolic OH excluding ortho intramolecular Hbond substituents is 4. The minimum absolute atomic E-state index is 0.00139. The molecule has 4 aliphatic rings. The average molecular weight is 1410 g/mol. The zero-order valence-corrected chi connectivity index (χ0v) is 57.4. The number of fused-ring (bicyclic) bond motifs is 17. The molecule has 14 N–H and O–H groups in total. The Labute approximate surface area is 595 Å². The number of hydrogen-bond acceptors (Lipinski definition) is 21. The summed E-state index contributed by atoms with van der Waals surface area (Å²) in [6, 6.07) is 25.3. The normalized spacial score (nSPS) is 19.4. The van der Waals surface area contributed by atoms with Crippen molar-refractivity contribution < 1.29 is 63.6 Å². The van der Waals surface area contributed by atoms with Crippen molar-refractivity contribution >= 4 is 70.2 Å². The van der Waals surface area contributed by atoms with Crippen LogP contribution in [-0.2, 0) is 24.1 Å². The zero-order chi connectivity index (χ0) is 72.8. The number of unbranched alkanes of at least 4 members (excludes halogenated alkanes) is 2. The number of nitrogens with two attached hydrogens (primary N) is 1. The lowest BCUT2D eigenvalue weighted by molar-refractivity contribution is -0.119. The van der Waals surface area contributed by atoms with Gasteiger partial charge in [0.15, 0.2) is 5.65 Å². The van der Waals surface area contributed by atoms with E-state index in [1.807, 2.05) is 43.9 Å². The third-order valence-corrected chi connectivity index (χ3v) is 18.6. The van der Waals surface area contributed by atoms with Gasteiger partial charge in [0.1, 0.15) is 34.3 Å². The molecule has 0 fully saturated rings. The molecule has 7 aromatic rings. The number of aryl methyl sites for hydroxylation is 3.